The standard InChI is InChI=1S/C15H21N5/c1-3-12-4-6-13(7-5-12)14-17-15(19-18-14)20-9-8-16-11(2)10-20/h4-7,11,16H,3,8-10H2,1-2H3,(H,17,18,19). The Morgan fingerprint density at radius 2 is 2.10 bits per heavy atom. The van der Waals surface area contributed by atoms with Crippen LogP contribution < -0.4 is 10.2 Å². The van der Waals surface area contributed by atoms with Crippen LogP contribution in [0.25, 0.3) is 11.4 Å². The van der Waals surface area contributed by atoms with Crippen LogP contribution in [0.15, 0.2) is 24.3 Å². The van der Waals surface area contributed by atoms with Gasteiger partial charge in [-0.3, -0.25) is 5.10 Å². The number of aryl methyl sites for hydroxylation is 1. The SMILES string of the molecule is CCc1ccc(-c2nc(N3CCNC(C)C3)n[nH]2)cc1. The number of anilines is 1. The first kappa shape index (κ1) is 13.1. The number of hydrogen-bond donors (Lipinski definition) is 2. The molecule has 1 fully saturated rings. The molecule has 2 heterocycles. The van der Waals surface area contributed by atoms with Crippen molar-refractivity contribution >= 4 is 5.95 Å². The molecule has 0 aliphatic carbocycles. The fraction of sp³-hybridized carbons (Fsp3) is 0.467. The summed E-state index contributed by atoms with van der Waals surface area (Å²) < 4.78 is 0. The van der Waals surface area contributed by atoms with Crippen molar-refractivity contribution in [1.82, 2.24) is 20.5 Å². The zero-order valence-electron chi connectivity index (χ0n) is 12.1. The Hall–Kier alpha value is -1.88. The third kappa shape index (κ3) is 2.67. The molecule has 1 unspecified atom stereocenters. The Bertz CT molecular complexity index is 560. The Balaban J connectivity index is 1.78. The molecular weight excluding hydrogens is 250 g/mol. The lowest BCUT2D eigenvalue weighted by molar-refractivity contribution is 0.480. The van der Waals surface area contributed by atoms with Crippen molar-refractivity contribution < 1.29 is 0 Å². The van der Waals surface area contributed by atoms with E-state index in [-0.39, 0.29) is 0 Å². The second-order valence-corrected chi connectivity index (χ2v) is 5.34. The number of aromatic amines is 1. The maximum absolute atomic E-state index is 4.63. The molecule has 0 bridgehead atoms. The number of rotatable bonds is 3. The van der Waals surface area contributed by atoms with Gasteiger partial charge in [0, 0.05) is 31.2 Å². The highest BCUT2D eigenvalue weighted by Gasteiger charge is 2.19. The summed E-state index contributed by atoms with van der Waals surface area (Å²) in [5, 5.41) is 10.8. The Kier molecular flexibility index (Phi) is 3.69. The number of benzene rings is 1. The Morgan fingerprint density at radius 3 is 2.80 bits per heavy atom. The van der Waals surface area contributed by atoms with E-state index in [1.54, 1.807) is 0 Å². The van der Waals surface area contributed by atoms with Gasteiger partial charge < -0.3 is 10.2 Å². The molecule has 1 aliphatic heterocycles. The van der Waals surface area contributed by atoms with E-state index in [4.69, 9.17) is 0 Å². The first-order valence-electron chi connectivity index (χ1n) is 7.26. The van der Waals surface area contributed by atoms with Gasteiger partial charge in [0.05, 0.1) is 0 Å². The number of hydrogen-bond acceptors (Lipinski definition) is 4. The molecular formula is C15H21N5. The van der Waals surface area contributed by atoms with Crippen LogP contribution in [0.3, 0.4) is 0 Å². The average Bonchev–Trinajstić information content (AvgIpc) is 2.97. The fourth-order valence-electron chi connectivity index (χ4n) is 2.54. The lowest BCUT2D eigenvalue weighted by Crippen LogP contribution is -2.49. The van der Waals surface area contributed by atoms with Crippen LogP contribution in [0.5, 0.6) is 0 Å². The molecule has 1 aromatic heterocycles. The third-order valence-electron chi connectivity index (χ3n) is 3.76. The van der Waals surface area contributed by atoms with Crippen LogP contribution in [-0.4, -0.2) is 40.9 Å². The maximum atomic E-state index is 4.63. The molecule has 5 heteroatoms. The molecule has 20 heavy (non-hydrogen) atoms. The summed E-state index contributed by atoms with van der Waals surface area (Å²) in [4.78, 5) is 6.85. The lowest BCUT2D eigenvalue weighted by atomic mass is 10.1. The highest BCUT2D eigenvalue weighted by molar-refractivity contribution is 5.56. The van der Waals surface area contributed by atoms with Gasteiger partial charge >= 0.3 is 0 Å². The molecule has 3 rings (SSSR count). The van der Waals surface area contributed by atoms with Crippen LogP contribution in [0, 0.1) is 0 Å². The molecule has 1 atom stereocenters. The quantitative estimate of drug-likeness (QED) is 0.894. The van der Waals surface area contributed by atoms with Crippen molar-refractivity contribution in [3.63, 3.8) is 0 Å². The number of piperazine rings is 1. The van der Waals surface area contributed by atoms with Gasteiger partial charge in [0.2, 0.25) is 5.95 Å². The molecule has 2 N–H and O–H groups in total. The number of H-pyrrole nitrogens is 1. The summed E-state index contributed by atoms with van der Waals surface area (Å²) in [5.41, 5.74) is 2.42. The molecule has 1 saturated heterocycles. The molecule has 0 radical (unpaired) electrons. The van der Waals surface area contributed by atoms with E-state index < -0.39 is 0 Å². The zero-order chi connectivity index (χ0) is 13.9. The van der Waals surface area contributed by atoms with E-state index in [2.05, 4.69) is 63.5 Å². The van der Waals surface area contributed by atoms with Crippen molar-refractivity contribution in [2.24, 2.45) is 0 Å². The molecule has 1 aliphatic rings. The molecule has 0 saturated carbocycles. The predicted octanol–water partition coefficient (Wildman–Crippen LogP) is 1.83. The fourth-order valence-corrected chi connectivity index (χ4v) is 2.54. The summed E-state index contributed by atoms with van der Waals surface area (Å²) in [5.74, 6) is 1.64. The van der Waals surface area contributed by atoms with Crippen LogP contribution in [0.2, 0.25) is 0 Å². The molecule has 2 aromatic rings. The average molecular weight is 271 g/mol. The third-order valence-corrected chi connectivity index (χ3v) is 3.76. The van der Waals surface area contributed by atoms with Gasteiger partial charge in [0.1, 0.15) is 0 Å². The second kappa shape index (κ2) is 5.63. The Labute approximate surface area is 119 Å². The molecule has 106 valence electrons. The van der Waals surface area contributed by atoms with Crippen molar-refractivity contribution in [2.45, 2.75) is 26.3 Å². The van der Waals surface area contributed by atoms with E-state index in [1.165, 1.54) is 5.56 Å². The zero-order valence-corrected chi connectivity index (χ0v) is 12.1. The summed E-state index contributed by atoms with van der Waals surface area (Å²) in [7, 11) is 0. The molecule has 0 spiro atoms. The highest BCUT2D eigenvalue weighted by atomic mass is 15.4. The molecule has 5 nitrogen and oxygen atoms in total. The van der Waals surface area contributed by atoms with Gasteiger partial charge in [0.25, 0.3) is 0 Å². The van der Waals surface area contributed by atoms with E-state index >= 15 is 0 Å². The van der Waals surface area contributed by atoms with E-state index in [1.807, 2.05) is 0 Å². The Morgan fingerprint density at radius 1 is 1.30 bits per heavy atom. The largest absolute Gasteiger partial charge is 0.337 e. The van der Waals surface area contributed by atoms with Gasteiger partial charge in [-0.2, -0.15) is 4.98 Å². The van der Waals surface area contributed by atoms with Crippen LogP contribution in [0.1, 0.15) is 19.4 Å². The molecule has 0 amide bonds. The predicted molar refractivity (Wildman–Crippen MR) is 80.9 cm³/mol. The van der Waals surface area contributed by atoms with E-state index in [0.29, 0.717) is 6.04 Å². The topological polar surface area (TPSA) is 56.8 Å². The van der Waals surface area contributed by atoms with Crippen molar-refractivity contribution in [1.29, 1.82) is 0 Å². The van der Waals surface area contributed by atoms with Crippen LogP contribution >= 0.6 is 0 Å². The maximum Gasteiger partial charge on any atom is 0.245 e. The minimum absolute atomic E-state index is 0.481. The second-order valence-electron chi connectivity index (χ2n) is 5.34. The monoisotopic (exact) mass is 271 g/mol. The smallest absolute Gasteiger partial charge is 0.245 e. The molecule has 1 aromatic carbocycles. The van der Waals surface area contributed by atoms with Gasteiger partial charge in [-0.05, 0) is 18.9 Å². The number of nitrogens with zero attached hydrogens (tertiary/aromatic N) is 3. The van der Waals surface area contributed by atoms with Gasteiger partial charge in [-0.15, -0.1) is 5.10 Å². The minimum Gasteiger partial charge on any atom is -0.337 e. The first-order chi connectivity index (χ1) is 9.76. The van der Waals surface area contributed by atoms with Crippen molar-refractivity contribution in [2.75, 3.05) is 24.5 Å². The summed E-state index contributed by atoms with van der Waals surface area (Å²) in [6.07, 6.45) is 1.06. The van der Waals surface area contributed by atoms with Crippen molar-refractivity contribution in [3.8, 4) is 11.4 Å². The van der Waals surface area contributed by atoms with E-state index in [0.717, 1.165) is 43.4 Å². The van der Waals surface area contributed by atoms with E-state index in [9.17, 15) is 0 Å². The first-order valence-corrected chi connectivity index (χ1v) is 7.26. The lowest BCUT2D eigenvalue weighted by Gasteiger charge is -2.30. The van der Waals surface area contributed by atoms with Crippen molar-refractivity contribution in [3.05, 3.63) is 29.8 Å². The summed E-state index contributed by atoms with van der Waals surface area (Å²) in [6.45, 7) is 7.23. The van der Waals surface area contributed by atoms with Crippen LogP contribution in [-0.2, 0) is 6.42 Å². The number of nitrogens with one attached hydrogen (secondary N) is 2. The van der Waals surface area contributed by atoms with Gasteiger partial charge in [0.15, 0.2) is 5.82 Å². The van der Waals surface area contributed by atoms with Gasteiger partial charge in [-0.1, -0.05) is 31.2 Å². The summed E-state index contributed by atoms with van der Waals surface area (Å²) >= 11 is 0. The highest BCUT2D eigenvalue weighted by Crippen LogP contribution is 2.19. The van der Waals surface area contributed by atoms with Gasteiger partial charge in [-0.25, -0.2) is 0 Å². The van der Waals surface area contributed by atoms with Crippen LogP contribution in [0.4, 0.5) is 5.95 Å². The summed E-state index contributed by atoms with van der Waals surface area (Å²) in [6, 6.07) is 8.97. The minimum atomic E-state index is 0.481. The normalized spacial score (nSPS) is 19.3. The number of aromatic nitrogens is 3.